The SMILES string of the molecule is Cc1nc2ccccc2n1CC(O)CN1CCC(C)CC1. The van der Waals surface area contributed by atoms with Crippen molar-refractivity contribution in [3.05, 3.63) is 30.1 Å². The average molecular weight is 287 g/mol. The number of aliphatic hydroxyl groups excluding tert-OH is 1. The predicted molar refractivity (Wildman–Crippen MR) is 85.3 cm³/mol. The zero-order valence-electron chi connectivity index (χ0n) is 13.0. The van der Waals surface area contributed by atoms with Gasteiger partial charge in [0.05, 0.1) is 23.7 Å². The summed E-state index contributed by atoms with van der Waals surface area (Å²) in [5.41, 5.74) is 2.12. The van der Waals surface area contributed by atoms with Crippen molar-refractivity contribution in [3.8, 4) is 0 Å². The third-order valence-corrected chi connectivity index (χ3v) is 4.58. The number of hydrogen-bond acceptors (Lipinski definition) is 3. The summed E-state index contributed by atoms with van der Waals surface area (Å²) in [7, 11) is 0. The quantitative estimate of drug-likeness (QED) is 0.939. The molecule has 0 spiro atoms. The fourth-order valence-electron chi connectivity index (χ4n) is 3.24. The van der Waals surface area contributed by atoms with Gasteiger partial charge in [-0.05, 0) is 50.9 Å². The average Bonchev–Trinajstić information content (AvgIpc) is 2.78. The topological polar surface area (TPSA) is 41.3 Å². The van der Waals surface area contributed by atoms with Crippen LogP contribution in [0.4, 0.5) is 0 Å². The van der Waals surface area contributed by atoms with E-state index < -0.39 is 0 Å². The minimum absolute atomic E-state index is 0.338. The highest BCUT2D eigenvalue weighted by molar-refractivity contribution is 5.75. The van der Waals surface area contributed by atoms with E-state index in [0.717, 1.165) is 42.4 Å². The van der Waals surface area contributed by atoms with Gasteiger partial charge in [-0.25, -0.2) is 4.98 Å². The molecular formula is C17H25N3O. The van der Waals surface area contributed by atoms with Crippen LogP contribution in [0.25, 0.3) is 11.0 Å². The lowest BCUT2D eigenvalue weighted by molar-refractivity contribution is 0.0805. The van der Waals surface area contributed by atoms with Gasteiger partial charge in [0, 0.05) is 6.54 Å². The number of benzene rings is 1. The summed E-state index contributed by atoms with van der Waals surface area (Å²) < 4.78 is 2.13. The Bertz CT molecular complexity index is 599. The highest BCUT2D eigenvalue weighted by atomic mass is 16.3. The maximum atomic E-state index is 10.4. The molecule has 0 amide bonds. The lowest BCUT2D eigenvalue weighted by atomic mass is 9.99. The van der Waals surface area contributed by atoms with Crippen LogP contribution in [0.5, 0.6) is 0 Å². The smallest absolute Gasteiger partial charge is 0.106 e. The second-order valence-corrected chi connectivity index (χ2v) is 6.40. The molecule has 1 aromatic carbocycles. The van der Waals surface area contributed by atoms with E-state index >= 15 is 0 Å². The third kappa shape index (κ3) is 3.27. The van der Waals surface area contributed by atoms with Crippen LogP contribution in [0, 0.1) is 12.8 Å². The van der Waals surface area contributed by atoms with Crippen molar-refractivity contribution in [1.82, 2.24) is 14.5 Å². The molecule has 0 saturated carbocycles. The first-order valence-corrected chi connectivity index (χ1v) is 7.96. The normalized spacial score (nSPS) is 19.2. The van der Waals surface area contributed by atoms with Crippen molar-refractivity contribution in [2.45, 2.75) is 39.3 Å². The Morgan fingerprint density at radius 2 is 1.95 bits per heavy atom. The Balaban J connectivity index is 1.66. The van der Waals surface area contributed by atoms with Crippen molar-refractivity contribution in [2.75, 3.05) is 19.6 Å². The first-order valence-electron chi connectivity index (χ1n) is 7.96. The number of hydrogen-bond donors (Lipinski definition) is 1. The van der Waals surface area contributed by atoms with E-state index in [2.05, 4.69) is 27.4 Å². The van der Waals surface area contributed by atoms with Gasteiger partial charge in [-0.3, -0.25) is 0 Å². The number of fused-ring (bicyclic) bond motifs is 1. The highest BCUT2D eigenvalue weighted by Gasteiger charge is 2.19. The molecule has 1 atom stereocenters. The summed E-state index contributed by atoms with van der Waals surface area (Å²) in [6, 6.07) is 8.13. The molecule has 114 valence electrons. The molecule has 21 heavy (non-hydrogen) atoms. The lowest BCUT2D eigenvalue weighted by Crippen LogP contribution is -2.39. The van der Waals surface area contributed by atoms with E-state index in [9.17, 15) is 5.11 Å². The highest BCUT2D eigenvalue weighted by Crippen LogP contribution is 2.18. The van der Waals surface area contributed by atoms with Gasteiger partial charge >= 0.3 is 0 Å². The number of piperidine rings is 1. The summed E-state index contributed by atoms with van der Waals surface area (Å²) in [4.78, 5) is 6.95. The first kappa shape index (κ1) is 14.5. The zero-order chi connectivity index (χ0) is 14.8. The van der Waals surface area contributed by atoms with Gasteiger partial charge in [-0.1, -0.05) is 19.1 Å². The number of para-hydroxylation sites is 2. The third-order valence-electron chi connectivity index (χ3n) is 4.58. The van der Waals surface area contributed by atoms with Crippen LogP contribution in [0.2, 0.25) is 0 Å². The molecule has 2 heterocycles. The molecule has 1 aliphatic heterocycles. The largest absolute Gasteiger partial charge is 0.390 e. The molecule has 0 bridgehead atoms. The summed E-state index contributed by atoms with van der Waals surface area (Å²) in [6.45, 7) is 7.94. The van der Waals surface area contributed by atoms with Crippen LogP contribution in [0.3, 0.4) is 0 Å². The van der Waals surface area contributed by atoms with E-state index in [0.29, 0.717) is 6.54 Å². The van der Waals surface area contributed by atoms with Crippen LogP contribution in [0.15, 0.2) is 24.3 Å². The number of aromatic nitrogens is 2. The van der Waals surface area contributed by atoms with Crippen molar-refractivity contribution < 1.29 is 5.11 Å². The van der Waals surface area contributed by atoms with E-state index in [-0.39, 0.29) is 6.10 Å². The van der Waals surface area contributed by atoms with Crippen molar-refractivity contribution in [3.63, 3.8) is 0 Å². The Labute approximate surface area is 126 Å². The molecule has 1 saturated heterocycles. The second-order valence-electron chi connectivity index (χ2n) is 6.40. The van der Waals surface area contributed by atoms with Crippen LogP contribution in [-0.4, -0.2) is 45.3 Å². The summed E-state index contributed by atoms with van der Waals surface area (Å²) >= 11 is 0. The standard InChI is InChI=1S/C17H25N3O/c1-13-7-9-19(10-8-13)11-15(21)12-20-14(2)18-16-5-3-4-6-17(16)20/h3-6,13,15,21H,7-12H2,1-2H3. The van der Waals surface area contributed by atoms with Crippen LogP contribution in [0.1, 0.15) is 25.6 Å². The number of β-amino-alcohol motifs (C(OH)–C–C–N with tert-alkyl or cyclic N) is 1. The number of aliphatic hydroxyl groups is 1. The Morgan fingerprint density at radius 3 is 2.71 bits per heavy atom. The van der Waals surface area contributed by atoms with E-state index in [1.54, 1.807) is 0 Å². The molecule has 4 heteroatoms. The van der Waals surface area contributed by atoms with Crippen molar-refractivity contribution >= 4 is 11.0 Å². The maximum Gasteiger partial charge on any atom is 0.106 e. The summed E-state index contributed by atoms with van der Waals surface area (Å²) in [5, 5.41) is 10.4. The molecular weight excluding hydrogens is 262 g/mol. The molecule has 1 N–H and O–H groups in total. The van der Waals surface area contributed by atoms with Gasteiger partial charge < -0.3 is 14.6 Å². The first-order chi connectivity index (χ1) is 10.1. The van der Waals surface area contributed by atoms with Gasteiger partial charge in [0.2, 0.25) is 0 Å². The number of rotatable bonds is 4. The second kappa shape index (κ2) is 6.16. The number of aryl methyl sites for hydroxylation is 1. The summed E-state index contributed by atoms with van der Waals surface area (Å²) in [6.07, 6.45) is 2.16. The van der Waals surface area contributed by atoms with Crippen molar-refractivity contribution in [2.24, 2.45) is 5.92 Å². The van der Waals surface area contributed by atoms with Gasteiger partial charge in [-0.15, -0.1) is 0 Å². The monoisotopic (exact) mass is 287 g/mol. The van der Waals surface area contributed by atoms with E-state index in [4.69, 9.17) is 0 Å². The van der Waals surface area contributed by atoms with Crippen LogP contribution >= 0.6 is 0 Å². The molecule has 2 aromatic rings. The molecule has 1 fully saturated rings. The fourth-order valence-corrected chi connectivity index (χ4v) is 3.24. The van der Waals surface area contributed by atoms with Gasteiger partial charge in [-0.2, -0.15) is 0 Å². The molecule has 1 unspecified atom stereocenters. The minimum atomic E-state index is -0.338. The minimum Gasteiger partial charge on any atom is -0.390 e. The maximum absolute atomic E-state index is 10.4. The van der Waals surface area contributed by atoms with E-state index in [1.165, 1.54) is 12.8 Å². The fraction of sp³-hybridized carbons (Fsp3) is 0.588. The predicted octanol–water partition coefficient (Wildman–Crippen LogP) is 2.44. The van der Waals surface area contributed by atoms with Gasteiger partial charge in [0.15, 0.2) is 0 Å². The zero-order valence-corrected chi connectivity index (χ0v) is 13.0. The Hall–Kier alpha value is -1.39. The van der Waals surface area contributed by atoms with Gasteiger partial charge in [0.25, 0.3) is 0 Å². The lowest BCUT2D eigenvalue weighted by Gasteiger charge is -2.31. The van der Waals surface area contributed by atoms with Gasteiger partial charge in [0.1, 0.15) is 5.82 Å². The van der Waals surface area contributed by atoms with E-state index in [1.807, 2.05) is 25.1 Å². The molecule has 1 aromatic heterocycles. The number of nitrogens with zero attached hydrogens (tertiary/aromatic N) is 3. The van der Waals surface area contributed by atoms with Crippen molar-refractivity contribution in [1.29, 1.82) is 0 Å². The van der Waals surface area contributed by atoms with Crippen LogP contribution in [-0.2, 0) is 6.54 Å². The van der Waals surface area contributed by atoms with Crippen LogP contribution < -0.4 is 0 Å². The molecule has 3 rings (SSSR count). The molecule has 4 nitrogen and oxygen atoms in total. The Morgan fingerprint density at radius 1 is 1.24 bits per heavy atom. The molecule has 1 aliphatic rings. The molecule has 0 aliphatic carbocycles. The number of imidazole rings is 1. The summed E-state index contributed by atoms with van der Waals surface area (Å²) in [5.74, 6) is 1.81. The number of likely N-dealkylation sites (tertiary alicyclic amines) is 1. The molecule has 0 radical (unpaired) electrons. The Kier molecular flexibility index (Phi) is 4.27.